The molecule has 1 amide bonds. The summed E-state index contributed by atoms with van der Waals surface area (Å²) in [6, 6.07) is 6.67. The summed E-state index contributed by atoms with van der Waals surface area (Å²) < 4.78 is 45.7. The second-order valence-corrected chi connectivity index (χ2v) is 7.39. The van der Waals surface area contributed by atoms with Crippen molar-refractivity contribution in [2.45, 2.75) is 18.8 Å². The first-order valence-corrected chi connectivity index (χ1v) is 9.66. The topological polar surface area (TPSA) is 122 Å². The molecule has 2 aromatic carbocycles. The van der Waals surface area contributed by atoms with Gasteiger partial charge in [-0.15, -0.1) is 0 Å². The molecule has 0 bridgehead atoms. The summed E-state index contributed by atoms with van der Waals surface area (Å²) in [5, 5.41) is 21.4. The van der Waals surface area contributed by atoms with Crippen LogP contribution in [0.15, 0.2) is 41.2 Å². The van der Waals surface area contributed by atoms with Crippen molar-refractivity contribution in [2.24, 2.45) is 0 Å². The van der Waals surface area contributed by atoms with Crippen molar-refractivity contribution in [3.63, 3.8) is 0 Å². The van der Waals surface area contributed by atoms with Gasteiger partial charge in [0.05, 0.1) is 24.2 Å². The highest BCUT2D eigenvalue weighted by molar-refractivity contribution is 6.05. The van der Waals surface area contributed by atoms with E-state index >= 15 is 0 Å². The van der Waals surface area contributed by atoms with Crippen molar-refractivity contribution in [2.75, 3.05) is 6.54 Å². The first kappa shape index (κ1) is 22.7. The number of nitrogens with zero attached hydrogens (tertiary/aromatic N) is 2. The molecule has 1 unspecified atom stereocenters. The second kappa shape index (κ2) is 8.11. The maximum absolute atomic E-state index is 13.2. The zero-order chi connectivity index (χ0) is 24.8. The summed E-state index contributed by atoms with van der Waals surface area (Å²) in [7, 11) is 0. The number of rotatable bonds is 4. The molecule has 2 heterocycles. The molecule has 1 aromatic heterocycles. The predicted molar refractivity (Wildman–Crippen MR) is 111 cm³/mol. The summed E-state index contributed by atoms with van der Waals surface area (Å²) in [5.74, 6) is -3.24. The van der Waals surface area contributed by atoms with Gasteiger partial charge in [-0.3, -0.25) is 19.0 Å². The van der Waals surface area contributed by atoms with Crippen LogP contribution in [0.25, 0.3) is 15.7 Å². The zero-order valence-corrected chi connectivity index (χ0v) is 17.0. The first-order chi connectivity index (χ1) is 16.0. The minimum Gasteiger partial charge on any atom is -0.506 e. The smallest absolute Gasteiger partial charge is 0.416 e. The molecule has 174 valence electrons. The van der Waals surface area contributed by atoms with E-state index < -0.39 is 53.1 Å². The third-order valence-corrected chi connectivity index (χ3v) is 5.26. The molecule has 0 radical (unpaired) electrons. The predicted octanol–water partition coefficient (Wildman–Crippen LogP) is 3.22. The molecular weight excluding hydrogens is 459 g/mol. The van der Waals surface area contributed by atoms with E-state index in [1.165, 1.54) is 24.3 Å². The number of aliphatic carboxylic acids is 1. The van der Waals surface area contributed by atoms with Crippen molar-refractivity contribution in [1.82, 2.24) is 9.88 Å². The quantitative estimate of drug-likeness (QED) is 0.501. The van der Waals surface area contributed by atoms with E-state index in [9.17, 15) is 32.7 Å². The molecule has 4 rings (SSSR count). The normalized spacial score (nSPS) is 14.8. The number of benzene rings is 2. The van der Waals surface area contributed by atoms with Gasteiger partial charge in [-0.25, -0.2) is 4.85 Å². The van der Waals surface area contributed by atoms with Gasteiger partial charge in [0.15, 0.2) is 5.69 Å². The Morgan fingerprint density at radius 2 is 1.91 bits per heavy atom. The van der Waals surface area contributed by atoms with Gasteiger partial charge in [-0.05, 0) is 29.8 Å². The number of hydrogen-bond acceptors (Lipinski definition) is 5. The molecule has 3 N–H and O–H groups in total. The van der Waals surface area contributed by atoms with Crippen LogP contribution < -0.4 is 15.6 Å². The van der Waals surface area contributed by atoms with Gasteiger partial charge in [0, 0.05) is 5.39 Å². The Morgan fingerprint density at radius 3 is 2.50 bits per heavy atom. The Balaban J connectivity index is 1.86. The zero-order valence-electron chi connectivity index (χ0n) is 17.0. The van der Waals surface area contributed by atoms with Gasteiger partial charge in [0.1, 0.15) is 29.7 Å². The first-order valence-electron chi connectivity index (χ1n) is 9.66. The molecule has 3 aromatic rings. The molecule has 0 saturated heterocycles. The van der Waals surface area contributed by atoms with Gasteiger partial charge in [0.2, 0.25) is 0 Å². The molecule has 0 saturated carbocycles. The highest BCUT2D eigenvalue weighted by atomic mass is 19.4. The van der Waals surface area contributed by atoms with E-state index in [0.717, 1.165) is 16.7 Å². The van der Waals surface area contributed by atoms with Crippen LogP contribution in [0.2, 0.25) is 0 Å². The van der Waals surface area contributed by atoms with E-state index in [1.54, 1.807) is 0 Å². The third kappa shape index (κ3) is 3.88. The lowest BCUT2D eigenvalue weighted by Crippen LogP contribution is -2.38. The summed E-state index contributed by atoms with van der Waals surface area (Å²) in [4.78, 5) is 39.7. The summed E-state index contributed by atoms with van der Waals surface area (Å²) in [6.07, 6.45) is -5.49. The monoisotopic (exact) mass is 473 g/mol. The molecule has 12 heteroatoms. The van der Waals surface area contributed by atoms with Crippen LogP contribution in [0, 0.1) is 6.57 Å². The molecule has 9 nitrogen and oxygen atoms in total. The number of amides is 1. The van der Waals surface area contributed by atoms with Crippen LogP contribution in [-0.2, 0) is 17.5 Å². The number of nitrogens with one attached hydrogen (secondary N) is 1. The highest BCUT2D eigenvalue weighted by Gasteiger charge is 2.33. The molecular formula is C22H14F3N3O6. The number of aromatic nitrogens is 1. The minimum atomic E-state index is -4.54. The Morgan fingerprint density at radius 1 is 1.24 bits per heavy atom. The number of hydrogen-bond donors (Lipinski definition) is 3. The maximum Gasteiger partial charge on any atom is 0.416 e. The fourth-order valence-electron chi connectivity index (χ4n) is 3.72. The average molecular weight is 473 g/mol. The fourth-order valence-corrected chi connectivity index (χ4v) is 3.72. The van der Waals surface area contributed by atoms with E-state index in [0.29, 0.717) is 5.56 Å². The van der Waals surface area contributed by atoms with E-state index in [-0.39, 0.29) is 28.9 Å². The molecule has 1 aliphatic rings. The van der Waals surface area contributed by atoms with Crippen LogP contribution >= 0.6 is 0 Å². The number of alkyl halides is 3. The van der Waals surface area contributed by atoms with Gasteiger partial charge < -0.3 is 20.3 Å². The molecule has 0 aliphatic carbocycles. The molecule has 0 fully saturated rings. The van der Waals surface area contributed by atoms with Crippen LogP contribution in [-0.4, -0.2) is 33.2 Å². The third-order valence-electron chi connectivity index (χ3n) is 5.26. The lowest BCUT2D eigenvalue weighted by Gasteiger charge is -2.29. The SMILES string of the molecule is [C-]#[N+]c1cc2c3c(c1)c(O)c(C(=O)NCC(=O)O)c(=O)n3CC(c1ccc(C(F)(F)F)cc1)O2. The minimum absolute atomic E-state index is 0.00737. The Labute approximate surface area is 188 Å². The number of carbonyl (C=O) groups is 2. The molecule has 1 atom stereocenters. The molecule has 0 spiro atoms. The van der Waals surface area contributed by atoms with Crippen LogP contribution in [0.4, 0.5) is 18.9 Å². The number of carbonyl (C=O) groups excluding carboxylic acids is 1. The van der Waals surface area contributed by atoms with Crippen molar-refractivity contribution < 1.29 is 37.7 Å². The van der Waals surface area contributed by atoms with Gasteiger partial charge >= 0.3 is 12.1 Å². The number of carboxylic acid groups (broad SMARTS) is 1. The fraction of sp³-hybridized carbons (Fsp3) is 0.182. The Kier molecular flexibility index (Phi) is 5.40. The Hall–Kier alpha value is -4.53. The van der Waals surface area contributed by atoms with Crippen molar-refractivity contribution >= 4 is 28.5 Å². The lowest BCUT2D eigenvalue weighted by molar-refractivity contribution is -0.138. The average Bonchev–Trinajstić information content (AvgIpc) is 2.79. The van der Waals surface area contributed by atoms with Crippen LogP contribution in [0.1, 0.15) is 27.6 Å². The van der Waals surface area contributed by atoms with Crippen molar-refractivity contribution in [3.05, 3.63) is 74.9 Å². The van der Waals surface area contributed by atoms with Crippen molar-refractivity contribution in [1.29, 1.82) is 0 Å². The summed E-state index contributed by atoms with van der Waals surface area (Å²) in [5.41, 5.74) is -2.15. The maximum atomic E-state index is 13.2. The number of carboxylic acids is 1. The van der Waals surface area contributed by atoms with Crippen LogP contribution in [0.5, 0.6) is 11.5 Å². The number of halogens is 3. The van der Waals surface area contributed by atoms with Gasteiger partial charge in [-0.1, -0.05) is 12.1 Å². The van der Waals surface area contributed by atoms with Crippen molar-refractivity contribution in [3.8, 4) is 11.5 Å². The lowest BCUT2D eigenvalue weighted by atomic mass is 10.0. The largest absolute Gasteiger partial charge is 0.506 e. The van der Waals surface area contributed by atoms with E-state index in [1.807, 2.05) is 5.32 Å². The Bertz CT molecular complexity index is 1440. The number of aromatic hydroxyl groups is 1. The number of pyridine rings is 1. The van der Waals surface area contributed by atoms with Crippen LogP contribution in [0.3, 0.4) is 0 Å². The standard InChI is InChI=1S/C22H14F3N3O6/c1-26-12-6-13-18-14(7-12)34-15(10-2-4-11(5-3-10)22(23,24)25)9-28(18)21(33)17(19(13)31)20(32)27-8-16(29)30/h2-7,15,31H,8-9H2,(H,27,32)(H,29,30). The molecule has 1 aliphatic heterocycles. The van der Waals surface area contributed by atoms with E-state index in [4.69, 9.17) is 16.4 Å². The summed E-state index contributed by atoms with van der Waals surface area (Å²) in [6.45, 7) is 6.27. The second-order valence-electron chi connectivity index (χ2n) is 7.39. The number of ether oxygens (including phenoxy) is 1. The molecule has 34 heavy (non-hydrogen) atoms. The highest BCUT2D eigenvalue weighted by Crippen LogP contribution is 2.42. The van der Waals surface area contributed by atoms with E-state index in [2.05, 4.69) is 4.85 Å². The summed E-state index contributed by atoms with van der Waals surface area (Å²) >= 11 is 0. The van der Waals surface area contributed by atoms with Gasteiger partial charge in [-0.2, -0.15) is 13.2 Å². The van der Waals surface area contributed by atoms with Gasteiger partial charge in [0.25, 0.3) is 11.5 Å².